The van der Waals surface area contributed by atoms with Crippen molar-refractivity contribution < 1.29 is 9.59 Å². The number of rotatable bonds is 6. The van der Waals surface area contributed by atoms with Gasteiger partial charge in [0.2, 0.25) is 5.91 Å². The van der Waals surface area contributed by atoms with E-state index in [-0.39, 0.29) is 23.8 Å². The summed E-state index contributed by atoms with van der Waals surface area (Å²) in [4.78, 5) is 28.1. The predicted molar refractivity (Wildman–Crippen MR) is 139 cm³/mol. The van der Waals surface area contributed by atoms with E-state index in [0.29, 0.717) is 12.1 Å². The highest BCUT2D eigenvalue weighted by Crippen LogP contribution is 2.42. The Morgan fingerprint density at radius 2 is 1.80 bits per heavy atom. The molecule has 1 fully saturated rings. The first-order valence-corrected chi connectivity index (χ1v) is 12.2. The van der Waals surface area contributed by atoms with Gasteiger partial charge in [-0.3, -0.25) is 10.2 Å². The van der Waals surface area contributed by atoms with E-state index in [9.17, 15) is 9.59 Å². The van der Waals surface area contributed by atoms with Crippen molar-refractivity contribution in [1.29, 1.82) is 5.41 Å². The van der Waals surface area contributed by atoms with Gasteiger partial charge in [-0.1, -0.05) is 54.6 Å². The fourth-order valence-electron chi connectivity index (χ4n) is 5.56. The molecule has 0 saturated heterocycles. The third kappa shape index (κ3) is 4.39. The fourth-order valence-corrected chi connectivity index (χ4v) is 5.56. The van der Waals surface area contributed by atoms with Crippen LogP contribution in [0.5, 0.6) is 0 Å². The Hall–Kier alpha value is -3.71. The normalized spacial score (nSPS) is 23.6. The first-order valence-electron chi connectivity index (χ1n) is 12.2. The lowest BCUT2D eigenvalue weighted by atomic mass is 9.90. The van der Waals surface area contributed by atoms with Crippen LogP contribution in [0.1, 0.15) is 48.3 Å². The zero-order chi connectivity index (χ0) is 24.5. The van der Waals surface area contributed by atoms with Crippen molar-refractivity contribution in [2.24, 2.45) is 11.5 Å². The van der Waals surface area contributed by atoms with Crippen LogP contribution in [0.3, 0.4) is 0 Å². The zero-order valence-corrected chi connectivity index (χ0v) is 19.6. The second-order valence-corrected chi connectivity index (χ2v) is 9.68. The smallest absolute Gasteiger partial charge is 0.244 e. The van der Waals surface area contributed by atoms with Crippen LogP contribution < -0.4 is 21.7 Å². The SMILES string of the molecule is N=C(N)c1ccc2c(c1)N(Cc1cccc3ccccc13)C(C(=O)NC1CCC(N)CC1)C2C=O. The molecule has 0 spiro atoms. The minimum Gasteiger partial charge on any atom is -0.384 e. The van der Waals surface area contributed by atoms with E-state index in [0.717, 1.165) is 59.6 Å². The van der Waals surface area contributed by atoms with E-state index < -0.39 is 12.0 Å². The van der Waals surface area contributed by atoms with Crippen LogP contribution in [0.4, 0.5) is 5.69 Å². The number of anilines is 1. The molecule has 7 heteroatoms. The number of nitrogens with zero attached hydrogens (tertiary/aromatic N) is 1. The average molecular weight is 470 g/mol. The molecular weight excluding hydrogens is 438 g/mol. The maximum atomic E-state index is 13.7. The van der Waals surface area contributed by atoms with Gasteiger partial charge in [0.05, 0.1) is 5.92 Å². The lowest BCUT2D eigenvalue weighted by Crippen LogP contribution is -2.51. The van der Waals surface area contributed by atoms with E-state index in [2.05, 4.69) is 29.6 Å². The van der Waals surface area contributed by atoms with Crippen molar-refractivity contribution in [3.05, 3.63) is 77.4 Å². The summed E-state index contributed by atoms with van der Waals surface area (Å²) in [6, 6.07) is 19.3. The molecule has 5 rings (SSSR count). The van der Waals surface area contributed by atoms with Gasteiger partial charge in [-0.2, -0.15) is 0 Å². The summed E-state index contributed by atoms with van der Waals surface area (Å²) >= 11 is 0. The van der Waals surface area contributed by atoms with Crippen LogP contribution in [0.25, 0.3) is 10.8 Å². The number of hydrogen-bond donors (Lipinski definition) is 4. The van der Waals surface area contributed by atoms with Gasteiger partial charge in [0.1, 0.15) is 18.2 Å². The number of aldehydes is 1. The number of amidine groups is 1. The molecule has 2 atom stereocenters. The zero-order valence-electron chi connectivity index (χ0n) is 19.6. The first kappa shape index (κ1) is 23.1. The van der Waals surface area contributed by atoms with Gasteiger partial charge in [0.15, 0.2) is 0 Å². The van der Waals surface area contributed by atoms with Crippen molar-refractivity contribution in [2.75, 3.05) is 4.90 Å². The van der Waals surface area contributed by atoms with Crippen molar-refractivity contribution >= 4 is 34.5 Å². The summed E-state index contributed by atoms with van der Waals surface area (Å²) in [7, 11) is 0. The molecule has 35 heavy (non-hydrogen) atoms. The molecule has 1 heterocycles. The number of carbonyl (C=O) groups is 2. The van der Waals surface area contributed by atoms with Crippen LogP contribution in [0.2, 0.25) is 0 Å². The number of fused-ring (bicyclic) bond motifs is 2. The first-order chi connectivity index (χ1) is 17.0. The summed E-state index contributed by atoms with van der Waals surface area (Å²) in [6.45, 7) is 0.452. The Morgan fingerprint density at radius 1 is 1.06 bits per heavy atom. The topological polar surface area (TPSA) is 125 Å². The number of nitrogens with two attached hydrogens (primary N) is 2. The summed E-state index contributed by atoms with van der Waals surface area (Å²) in [6.07, 6.45) is 4.33. The standard InChI is InChI=1S/C28H31N5O2/c29-20-9-11-21(12-10-20)32-28(35)26-24(16-34)23-13-8-18(27(30)31)14-25(23)33(26)15-19-6-3-5-17-4-1-2-7-22(17)19/h1-8,13-14,16,20-21,24,26H,9-12,15,29H2,(H3,30,31)(H,32,35). The van der Waals surface area contributed by atoms with Gasteiger partial charge in [-0.25, -0.2) is 0 Å². The highest BCUT2D eigenvalue weighted by atomic mass is 16.2. The largest absolute Gasteiger partial charge is 0.384 e. The highest BCUT2D eigenvalue weighted by molar-refractivity contribution is 5.99. The Balaban J connectivity index is 1.54. The number of benzene rings is 3. The van der Waals surface area contributed by atoms with Gasteiger partial charge >= 0.3 is 0 Å². The quantitative estimate of drug-likeness (QED) is 0.251. The van der Waals surface area contributed by atoms with E-state index >= 15 is 0 Å². The summed E-state index contributed by atoms with van der Waals surface area (Å²) in [5.41, 5.74) is 15.0. The van der Waals surface area contributed by atoms with E-state index in [1.165, 1.54) is 0 Å². The second kappa shape index (κ2) is 9.50. The molecule has 2 aliphatic rings. The van der Waals surface area contributed by atoms with Crippen molar-refractivity contribution in [3.63, 3.8) is 0 Å². The molecule has 6 N–H and O–H groups in total. The molecule has 3 aromatic rings. The van der Waals surface area contributed by atoms with Crippen LogP contribution >= 0.6 is 0 Å². The van der Waals surface area contributed by atoms with E-state index in [4.69, 9.17) is 16.9 Å². The summed E-state index contributed by atoms with van der Waals surface area (Å²) in [5.74, 6) is -0.803. The molecule has 1 aliphatic heterocycles. The number of nitrogen functional groups attached to an aromatic ring is 1. The van der Waals surface area contributed by atoms with E-state index in [1.54, 1.807) is 6.07 Å². The minimum absolute atomic E-state index is 0.0491. The third-order valence-electron chi connectivity index (χ3n) is 7.44. The van der Waals surface area contributed by atoms with Gasteiger partial charge in [0, 0.05) is 29.9 Å². The molecule has 3 aromatic carbocycles. The number of nitrogens with one attached hydrogen (secondary N) is 2. The van der Waals surface area contributed by atoms with E-state index in [1.807, 2.05) is 35.2 Å². The van der Waals surface area contributed by atoms with Crippen molar-refractivity contribution in [2.45, 2.75) is 56.3 Å². The lowest BCUT2D eigenvalue weighted by molar-refractivity contribution is -0.125. The predicted octanol–water partition coefficient (Wildman–Crippen LogP) is 3.18. The third-order valence-corrected chi connectivity index (χ3v) is 7.44. The van der Waals surface area contributed by atoms with Crippen LogP contribution in [-0.4, -0.2) is 36.2 Å². The Labute approximate surface area is 205 Å². The molecule has 1 aliphatic carbocycles. The maximum Gasteiger partial charge on any atom is 0.244 e. The molecule has 1 saturated carbocycles. The van der Waals surface area contributed by atoms with Gasteiger partial charge in [0.25, 0.3) is 0 Å². The number of amides is 1. The maximum absolute atomic E-state index is 13.7. The lowest BCUT2D eigenvalue weighted by Gasteiger charge is -2.32. The number of hydrogen-bond acceptors (Lipinski definition) is 5. The Bertz CT molecular complexity index is 1280. The van der Waals surface area contributed by atoms with Gasteiger partial charge < -0.3 is 26.5 Å². The van der Waals surface area contributed by atoms with Crippen LogP contribution in [0.15, 0.2) is 60.7 Å². The van der Waals surface area contributed by atoms with Crippen LogP contribution in [0, 0.1) is 5.41 Å². The molecule has 1 amide bonds. The molecule has 0 radical (unpaired) electrons. The Morgan fingerprint density at radius 3 is 2.54 bits per heavy atom. The highest BCUT2D eigenvalue weighted by Gasteiger charge is 2.43. The molecule has 180 valence electrons. The van der Waals surface area contributed by atoms with Gasteiger partial charge in [-0.15, -0.1) is 0 Å². The summed E-state index contributed by atoms with van der Waals surface area (Å²) < 4.78 is 0. The second-order valence-electron chi connectivity index (χ2n) is 9.68. The van der Waals surface area contributed by atoms with Crippen molar-refractivity contribution in [3.8, 4) is 0 Å². The molecular formula is C28H31N5O2. The molecule has 7 nitrogen and oxygen atoms in total. The monoisotopic (exact) mass is 469 g/mol. The Kier molecular flexibility index (Phi) is 6.26. The van der Waals surface area contributed by atoms with Gasteiger partial charge in [-0.05, 0) is 53.6 Å². The summed E-state index contributed by atoms with van der Waals surface area (Å²) in [5, 5.41) is 13.3. The fraction of sp³-hybridized carbons (Fsp3) is 0.321. The average Bonchev–Trinajstić information content (AvgIpc) is 3.18. The minimum atomic E-state index is -0.681. The molecule has 2 unspecified atom stereocenters. The number of carbonyl (C=O) groups excluding carboxylic acids is 2. The van der Waals surface area contributed by atoms with Crippen LogP contribution in [-0.2, 0) is 16.1 Å². The molecule has 0 bridgehead atoms. The molecule has 0 aromatic heterocycles. The van der Waals surface area contributed by atoms with Crippen molar-refractivity contribution in [1.82, 2.24) is 5.32 Å².